The minimum absolute atomic E-state index is 0.242. The number of primary amides is 1. The Hall–Kier alpha value is -4.37. The highest BCUT2D eigenvalue weighted by atomic mass is 16.5. The molecule has 0 spiro atoms. The summed E-state index contributed by atoms with van der Waals surface area (Å²) in [4.78, 5) is 28.5. The van der Waals surface area contributed by atoms with Crippen molar-refractivity contribution < 1.29 is 19.1 Å². The van der Waals surface area contributed by atoms with E-state index >= 15 is 0 Å². The van der Waals surface area contributed by atoms with Gasteiger partial charge in [0, 0.05) is 23.5 Å². The minimum Gasteiger partial charge on any atom is -0.483 e. The van der Waals surface area contributed by atoms with Gasteiger partial charge in [0.1, 0.15) is 34.7 Å². The Morgan fingerprint density at radius 2 is 1.78 bits per heavy atom. The van der Waals surface area contributed by atoms with E-state index in [-0.39, 0.29) is 12.4 Å². The molecule has 2 aromatic carbocycles. The Labute approximate surface area is 209 Å². The molecule has 0 bridgehead atoms. The number of nitrogens with one attached hydrogen (secondary N) is 1. The predicted octanol–water partition coefficient (Wildman–Crippen LogP) is 3.79. The zero-order valence-electron chi connectivity index (χ0n) is 20.7. The second kappa shape index (κ2) is 10.1. The van der Waals surface area contributed by atoms with Crippen LogP contribution in [0.15, 0.2) is 54.7 Å². The second-order valence-electron chi connectivity index (χ2n) is 8.71. The fourth-order valence-electron chi connectivity index (χ4n) is 3.98. The molecule has 0 aliphatic carbocycles. The summed E-state index contributed by atoms with van der Waals surface area (Å²) in [5.74, 6) is 0.0317. The van der Waals surface area contributed by atoms with Crippen LogP contribution in [0.2, 0.25) is 0 Å². The first-order chi connectivity index (χ1) is 17.2. The smallest absolute Gasteiger partial charge is 0.328 e. The number of pyridine rings is 1. The summed E-state index contributed by atoms with van der Waals surface area (Å²) in [6.07, 6.45) is 1.92. The number of ether oxygens (including phenoxy) is 2. The predicted molar refractivity (Wildman–Crippen MR) is 139 cm³/mol. The molecule has 0 aliphatic heterocycles. The van der Waals surface area contributed by atoms with E-state index in [0.717, 1.165) is 28.2 Å². The standard InChI is InChI=1S/C27H29N5O4/c1-15-8-7-9-16(2)24(15)31-26-25(30-22-10-5-6-11-32(22)26)23-17(3)12-19(36-27(34)18(4)28)13-20(23)35-14-21(29)33/h5-13,18,31H,14,28H2,1-4H3,(H2,29,33). The van der Waals surface area contributed by atoms with E-state index in [1.807, 2.05) is 67.8 Å². The highest BCUT2D eigenvalue weighted by Crippen LogP contribution is 2.41. The summed E-state index contributed by atoms with van der Waals surface area (Å²) in [6.45, 7) is 7.10. The molecule has 1 amide bonds. The van der Waals surface area contributed by atoms with Crippen LogP contribution < -0.4 is 26.3 Å². The number of para-hydroxylation sites is 1. The van der Waals surface area contributed by atoms with Crippen molar-refractivity contribution in [3.63, 3.8) is 0 Å². The lowest BCUT2D eigenvalue weighted by Crippen LogP contribution is -2.30. The van der Waals surface area contributed by atoms with Crippen LogP contribution in [-0.2, 0) is 9.59 Å². The molecule has 0 fully saturated rings. The van der Waals surface area contributed by atoms with Crippen molar-refractivity contribution >= 4 is 29.0 Å². The first-order valence-electron chi connectivity index (χ1n) is 11.5. The largest absolute Gasteiger partial charge is 0.483 e. The van der Waals surface area contributed by atoms with Gasteiger partial charge < -0.3 is 26.3 Å². The summed E-state index contributed by atoms with van der Waals surface area (Å²) in [7, 11) is 0. The van der Waals surface area contributed by atoms with Crippen LogP contribution in [0.3, 0.4) is 0 Å². The molecule has 0 saturated carbocycles. The SMILES string of the molecule is Cc1cccc(C)c1Nc1c(-c2c(C)cc(OC(=O)C(C)N)cc2OCC(N)=O)nc2ccccn12. The quantitative estimate of drug-likeness (QED) is 0.254. The van der Waals surface area contributed by atoms with Gasteiger partial charge in [-0.2, -0.15) is 0 Å². The number of fused-ring (bicyclic) bond motifs is 1. The van der Waals surface area contributed by atoms with E-state index in [9.17, 15) is 9.59 Å². The van der Waals surface area contributed by atoms with Crippen LogP contribution in [0.4, 0.5) is 11.5 Å². The number of imidazole rings is 1. The number of hydrogen-bond acceptors (Lipinski definition) is 7. The van der Waals surface area contributed by atoms with E-state index in [4.69, 9.17) is 25.9 Å². The number of carbonyl (C=O) groups excluding carboxylic acids is 2. The van der Waals surface area contributed by atoms with Crippen molar-refractivity contribution in [3.8, 4) is 22.8 Å². The van der Waals surface area contributed by atoms with Crippen molar-refractivity contribution in [2.75, 3.05) is 11.9 Å². The molecule has 1 atom stereocenters. The summed E-state index contributed by atoms with van der Waals surface area (Å²) in [6, 6.07) is 14.2. The van der Waals surface area contributed by atoms with Crippen LogP contribution in [0.25, 0.3) is 16.9 Å². The van der Waals surface area contributed by atoms with Crippen LogP contribution in [-0.4, -0.2) is 33.9 Å². The van der Waals surface area contributed by atoms with Crippen molar-refractivity contribution in [2.24, 2.45) is 11.5 Å². The van der Waals surface area contributed by atoms with Crippen LogP contribution >= 0.6 is 0 Å². The summed E-state index contributed by atoms with van der Waals surface area (Å²) < 4.78 is 13.1. The van der Waals surface area contributed by atoms with Crippen molar-refractivity contribution in [1.29, 1.82) is 0 Å². The molecule has 0 radical (unpaired) electrons. The first-order valence-corrected chi connectivity index (χ1v) is 11.5. The Morgan fingerprint density at radius 3 is 2.44 bits per heavy atom. The maximum absolute atomic E-state index is 12.1. The number of nitrogens with two attached hydrogens (primary N) is 2. The van der Waals surface area contributed by atoms with Crippen LogP contribution in [0, 0.1) is 20.8 Å². The van der Waals surface area contributed by atoms with Crippen molar-refractivity contribution in [3.05, 3.63) is 71.4 Å². The lowest BCUT2D eigenvalue weighted by Gasteiger charge is -2.18. The molecule has 4 aromatic rings. The lowest BCUT2D eigenvalue weighted by molar-refractivity contribution is -0.135. The van der Waals surface area contributed by atoms with Crippen LogP contribution in [0.1, 0.15) is 23.6 Å². The maximum atomic E-state index is 12.1. The van der Waals surface area contributed by atoms with E-state index in [1.54, 1.807) is 12.1 Å². The van der Waals surface area contributed by atoms with Gasteiger partial charge in [0.2, 0.25) is 0 Å². The Kier molecular flexibility index (Phi) is 6.93. The molecule has 2 heterocycles. The number of benzene rings is 2. The number of rotatable bonds is 8. The summed E-state index contributed by atoms with van der Waals surface area (Å²) in [5.41, 5.74) is 16.8. The topological polar surface area (TPSA) is 134 Å². The Balaban J connectivity index is 1.92. The summed E-state index contributed by atoms with van der Waals surface area (Å²) in [5, 5.41) is 3.56. The van der Waals surface area contributed by atoms with Crippen molar-refractivity contribution in [2.45, 2.75) is 33.7 Å². The van der Waals surface area contributed by atoms with Gasteiger partial charge in [0.05, 0.1) is 0 Å². The van der Waals surface area contributed by atoms with Gasteiger partial charge in [0.15, 0.2) is 6.61 Å². The molecule has 1 unspecified atom stereocenters. The normalized spacial score (nSPS) is 11.8. The molecule has 5 N–H and O–H groups in total. The molecule has 0 saturated heterocycles. The molecule has 2 aromatic heterocycles. The zero-order chi connectivity index (χ0) is 26.0. The van der Waals surface area contributed by atoms with E-state index < -0.39 is 17.9 Å². The van der Waals surface area contributed by atoms with Gasteiger partial charge in [-0.25, -0.2) is 9.78 Å². The molecule has 36 heavy (non-hydrogen) atoms. The lowest BCUT2D eigenvalue weighted by atomic mass is 10.0. The number of esters is 1. The number of hydrogen-bond donors (Lipinski definition) is 3. The monoisotopic (exact) mass is 487 g/mol. The number of carbonyl (C=O) groups is 2. The van der Waals surface area contributed by atoms with Gasteiger partial charge >= 0.3 is 5.97 Å². The number of aryl methyl sites for hydroxylation is 3. The molecule has 0 aliphatic rings. The molecule has 186 valence electrons. The minimum atomic E-state index is -0.799. The molecule has 9 nitrogen and oxygen atoms in total. The average molecular weight is 488 g/mol. The third kappa shape index (κ3) is 5.01. The molecular weight excluding hydrogens is 458 g/mol. The third-order valence-corrected chi connectivity index (χ3v) is 5.72. The van der Waals surface area contributed by atoms with Gasteiger partial charge in [-0.05, 0) is 62.6 Å². The van der Waals surface area contributed by atoms with Gasteiger partial charge in [0.25, 0.3) is 5.91 Å². The fraction of sp³-hybridized carbons (Fsp3) is 0.222. The van der Waals surface area contributed by atoms with Gasteiger partial charge in [-0.15, -0.1) is 0 Å². The first kappa shape index (κ1) is 24.7. The maximum Gasteiger partial charge on any atom is 0.328 e. The third-order valence-electron chi connectivity index (χ3n) is 5.72. The van der Waals surface area contributed by atoms with Crippen LogP contribution in [0.5, 0.6) is 11.5 Å². The number of amides is 1. The Bertz CT molecular complexity index is 1440. The highest BCUT2D eigenvalue weighted by molar-refractivity contribution is 5.87. The fourth-order valence-corrected chi connectivity index (χ4v) is 3.98. The van der Waals surface area contributed by atoms with Gasteiger partial charge in [-0.3, -0.25) is 9.20 Å². The highest BCUT2D eigenvalue weighted by Gasteiger charge is 2.23. The van der Waals surface area contributed by atoms with E-state index in [2.05, 4.69) is 5.32 Å². The molecule has 4 rings (SSSR count). The van der Waals surface area contributed by atoms with Gasteiger partial charge in [-0.1, -0.05) is 24.3 Å². The average Bonchev–Trinajstić information content (AvgIpc) is 3.17. The number of aromatic nitrogens is 2. The van der Waals surface area contributed by atoms with E-state index in [0.29, 0.717) is 22.7 Å². The Morgan fingerprint density at radius 1 is 1.06 bits per heavy atom. The number of nitrogens with zero attached hydrogens (tertiary/aromatic N) is 2. The van der Waals surface area contributed by atoms with E-state index in [1.165, 1.54) is 6.92 Å². The number of anilines is 2. The molecule has 9 heteroatoms. The van der Waals surface area contributed by atoms with Crippen molar-refractivity contribution in [1.82, 2.24) is 9.38 Å². The second-order valence-corrected chi connectivity index (χ2v) is 8.71. The zero-order valence-corrected chi connectivity index (χ0v) is 20.7. The summed E-state index contributed by atoms with van der Waals surface area (Å²) >= 11 is 0. The molecular formula is C27H29N5O4.